The maximum Gasteiger partial charge on any atom is 0.307 e. The quantitative estimate of drug-likeness (QED) is 0.560. The Labute approximate surface area is 81.4 Å². The van der Waals surface area contributed by atoms with Gasteiger partial charge in [0.25, 0.3) is 0 Å². The molecule has 0 aromatic carbocycles. The molecule has 1 fully saturated rings. The minimum Gasteiger partial charge on any atom is -0.481 e. The van der Waals surface area contributed by atoms with Crippen LogP contribution in [0.1, 0.15) is 13.8 Å². The Balaban J connectivity index is 2.66. The molecule has 2 atom stereocenters. The van der Waals surface area contributed by atoms with E-state index in [9.17, 15) is 9.59 Å². The number of hydrogen-bond donors (Lipinski definition) is 1. The molecule has 0 bridgehead atoms. The van der Waals surface area contributed by atoms with Crippen molar-refractivity contribution < 1.29 is 14.7 Å². The summed E-state index contributed by atoms with van der Waals surface area (Å²) in [6, 6.07) is 0. The number of hydrogen-bond acceptors (Lipinski definition) is 2. The van der Waals surface area contributed by atoms with Crippen molar-refractivity contribution in [3.05, 3.63) is 12.2 Å². The number of aliphatic carboxylic acids is 1. The number of halogens is 1. The number of carbonyl (C=O) groups is 2. The molecule has 0 amide bonds. The maximum absolute atomic E-state index is 10.7. The van der Waals surface area contributed by atoms with Crippen LogP contribution < -0.4 is 0 Å². The molecule has 1 N–H and O–H groups in total. The fourth-order valence-corrected chi connectivity index (χ4v) is 1.76. The monoisotopic (exact) mass is 202 g/mol. The number of carboxylic acids is 1. The van der Waals surface area contributed by atoms with E-state index in [4.69, 9.17) is 16.7 Å². The highest BCUT2D eigenvalue weighted by atomic mass is 35.5. The first-order valence-electron chi connectivity index (χ1n) is 3.98. The van der Waals surface area contributed by atoms with Crippen LogP contribution in [0.4, 0.5) is 0 Å². The lowest BCUT2D eigenvalue weighted by atomic mass is 10.1. The van der Waals surface area contributed by atoms with Crippen molar-refractivity contribution in [2.75, 3.05) is 0 Å². The topological polar surface area (TPSA) is 54.4 Å². The highest BCUT2D eigenvalue weighted by Crippen LogP contribution is 2.58. The van der Waals surface area contributed by atoms with Crippen LogP contribution in [-0.4, -0.2) is 16.3 Å². The Morgan fingerprint density at radius 2 is 2.00 bits per heavy atom. The predicted octanol–water partition coefficient (Wildman–Crippen LogP) is 1.66. The molecule has 0 aliphatic heterocycles. The molecular weight excluding hydrogens is 192 g/mol. The normalized spacial score (nSPS) is 30.4. The average Bonchev–Trinajstić information content (AvgIpc) is 2.48. The van der Waals surface area contributed by atoms with Crippen molar-refractivity contribution in [2.24, 2.45) is 17.3 Å². The summed E-state index contributed by atoms with van der Waals surface area (Å²) in [5.74, 6) is -1.28. The molecule has 0 spiro atoms. The van der Waals surface area contributed by atoms with Crippen LogP contribution >= 0.6 is 11.6 Å². The van der Waals surface area contributed by atoms with E-state index in [1.807, 2.05) is 13.8 Å². The van der Waals surface area contributed by atoms with E-state index in [0.717, 1.165) is 0 Å². The van der Waals surface area contributed by atoms with E-state index in [0.29, 0.717) is 0 Å². The first kappa shape index (κ1) is 10.3. The van der Waals surface area contributed by atoms with Crippen LogP contribution in [0.5, 0.6) is 0 Å². The van der Waals surface area contributed by atoms with Crippen molar-refractivity contribution in [3.8, 4) is 0 Å². The second kappa shape index (κ2) is 3.14. The van der Waals surface area contributed by atoms with Gasteiger partial charge in [-0.05, 0) is 29.0 Å². The lowest BCUT2D eigenvalue weighted by Crippen LogP contribution is -2.02. The maximum atomic E-state index is 10.7. The van der Waals surface area contributed by atoms with Crippen LogP contribution in [0.25, 0.3) is 0 Å². The van der Waals surface area contributed by atoms with Crippen molar-refractivity contribution in [3.63, 3.8) is 0 Å². The molecule has 72 valence electrons. The van der Waals surface area contributed by atoms with E-state index in [2.05, 4.69) is 0 Å². The highest BCUT2D eigenvalue weighted by molar-refractivity contribution is 6.66. The van der Waals surface area contributed by atoms with Gasteiger partial charge in [0.1, 0.15) is 0 Å². The van der Waals surface area contributed by atoms with E-state index >= 15 is 0 Å². The second-order valence-electron chi connectivity index (χ2n) is 3.83. The minimum absolute atomic E-state index is 0.0762. The molecule has 1 aliphatic rings. The minimum atomic E-state index is -0.818. The van der Waals surface area contributed by atoms with Crippen molar-refractivity contribution >= 4 is 22.8 Å². The molecule has 1 rings (SSSR count). The van der Waals surface area contributed by atoms with Crippen LogP contribution in [0.2, 0.25) is 0 Å². The molecular formula is C9H11ClO3. The molecule has 13 heavy (non-hydrogen) atoms. The number of carboxylic acid groups (broad SMARTS) is 1. The smallest absolute Gasteiger partial charge is 0.307 e. The zero-order valence-corrected chi connectivity index (χ0v) is 8.21. The van der Waals surface area contributed by atoms with Gasteiger partial charge in [-0.2, -0.15) is 0 Å². The summed E-state index contributed by atoms with van der Waals surface area (Å²) in [5, 5.41) is 8.21. The van der Waals surface area contributed by atoms with Crippen LogP contribution in [0, 0.1) is 17.3 Å². The average molecular weight is 203 g/mol. The number of allylic oxidation sites excluding steroid dienone is 2. The summed E-state index contributed by atoms with van der Waals surface area (Å²) in [6.07, 6.45) is 2.80. The van der Waals surface area contributed by atoms with Crippen molar-refractivity contribution in [2.45, 2.75) is 13.8 Å². The van der Waals surface area contributed by atoms with Gasteiger partial charge >= 0.3 is 5.97 Å². The van der Waals surface area contributed by atoms with Crippen LogP contribution in [-0.2, 0) is 9.59 Å². The molecule has 0 aromatic heterocycles. The first-order chi connectivity index (χ1) is 5.87. The van der Waals surface area contributed by atoms with Gasteiger partial charge < -0.3 is 5.11 Å². The van der Waals surface area contributed by atoms with Gasteiger partial charge in [0.2, 0.25) is 5.24 Å². The molecule has 0 saturated heterocycles. The van der Waals surface area contributed by atoms with Gasteiger partial charge in [0.05, 0.1) is 5.92 Å². The Bertz CT molecular complexity index is 281. The zero-order chi connectivity index (χ0) is 10.2. The predicted molar refractivity (Wildman–Crippen MR) is 48.4 cm³/mol. The third-order valence-corrected chi connectivity index (χ3v) is 2.74. The summed E-state index contributed by atoms with van der Waals surface area (Å²) in [4.78, 5) is 21.1. The van der Waals surface area contributed by atoms with E-state index in [-0.39, 0.29) is 17.3 Å². The van der Waals surface area contributed by atoms with Gasteiger partial charge in [-0.25, -0.2) is 0 Å². The molecule has 1 saturated carbocycles. The highest BCUT2D eigenvalue weighted by Gasteiger charge is 2.60. The second-order valence-corrected chi connectivity index (χ2v) is 4.20. The molecule has 0 radical (unpaired) electrons. The van der Waals surface area contributed by atoms with E-state index in [1.54, 1.807) is 6.08 Å². The number of carbonyl (C=O) groups excluding carboxylic acids is 1. The summed E-state index contributed by atoms with van der Waals surface area (Å²) in [6.45, 7) is 3.72. The largest absolute Gasteiger partial charge is 0.481 e. The molecule has 3 nitrogen and oxygen atoms in total. The summed E-state index contributed by atoms with van der Waals surface area (Å²) in [5.41, 5.74) is -0.255. The zero-order valence-electron chi connectivity index (χ0n) is 7.45. The molecule has 0 aromatic rings. The Morgan fingerprint density at radius 3 is 2.31 bits per heavy atom. The van der Waals surface area contributed by atoms with Crippen LogP contribution in [0.15, 0.2) is 12.2 Å². The fourth-order valence-electron chi connectivity index (χ4n) is 1.69. The van der Waals surface area contributed by atoms with Crippen molar-refractivity contribution in [1.29, 1.82) is 0 Å². The molecule has 4 heteroatoms. The van der Waals surface area contributed by atoms with Gasteiger partial charge in [-0.1, -0.05) is 19.9 Å². The van der Waals surface area contributed by atoms with E-state index in [1.165, 1.54) is 6.08 Å². The first-order valence-corrected chi connectivity index (χ1v) is 4.35. The number of rotatable bonds is 3. The van der Waals surface area contributed by atoms with Gasteiger partial charge in [0, 0.05) is 0 Å². The Hall–Kier alpha value is -0.830. The third-order valence-electron chi connectivity index (χ3n) is 2.61. The summed E-state index contributed by atoms with van der Waals surface area (Å²) < 4.78 is 0. The SMILES string of the molecule is CC1(C)C(/C=C\C(=O)Cl)C1C(=O)O. The third kappa shape index (κ3) is 1.91. The van der Waals surface area contributed by atoms with E-state index < -0.39 is 11.2 Å². The fraction of sp³-hybridized carbons (Fsp3) is 0.556. The standard InChI is InChI=1S/C9H11ClO3/c1-9(2)5(3-4-6(10)11)7(9)8(12)13/h3-5,7H,1-2H3,(H,12,13)/b4-3-. The summed E-state index contributed by atoms with van der Waals surface area (Å²) >= 11 is 5.10. The summed E-state index contributed by atoms with van der Waals surface area (Å²) in [7, 11) is 0. The Morgan fingerprint density at radius 1 is 1.46 bits per heavy atom. The lowest BCUT2D eigenvalue weighted by molar-refractivity contribution is -0.139. The van der Waals surface area contributed by atoms with Crippen molar-refractivity contribution in [1.82, 2.24) is 0 Å². The Kier molecular flexibility index (Phi) is 2.48. The van der Waals surface area contributed by atoms with Gasteiger partial charge in [0.15, 0.2) is 0 Å². The molecule has 0 heterocycles. The molecule has 1 aliphatic carbocycles. The molecule has 2 unspecified atom stereocenters. The van der Waals surface area contributed by atoms with Gasteiger partial charge in [-0.3, -0.25) is 9.59 Å². The van der Waals surface area contributed by atoms with Gasteiger partial charge in [-0.15, -0.1) is 0 Å². The lowest BCUT2D eigenvalue weighted by Gasteiger charge is -1.95. The van der Waals surface area contributed by atoms with Crippen LogP contribution in [0.3, 0.4) is 0 Å².